The van der Waals surface area contributed by atoms with Crippen molar-refractivity contribution in [2.24, 2.45) is 0 Å². The summed E-state index contributed by atoms with van der Waals surface area (Å²) >= 11 is 1.92. The average molecular weight is 530 g/mol. The number of fused-ring (bicyclic) bond motifs is 1. The summed E-state index contributed by atoms with van der Waals surface area (Å²) in [6.07, 6.45) is -1.48. The Kier molecular flexibility index (Phi) is 6.29. The second-order valence-electron chi connectivity index (χ2n) is 8.84. The molecule has 8 heteroatoms. The van der Waals surface area contributed by atoms with Crippen molar-refractivity contribution < 1.29 is 28.2 Å². The van der Waals surface area contributed by atoms with Crippen molar-refractivity contribution >= 4 is 42.7 Å². The zero-order valence-electron chi connectivity index (χ0n) is 17.6. The Labute approximate surface area is 186 Å². The first-order valence-electron chi connectivity index (χ1n) is 9.53. The van der Waals surface area contributed by atoms with Gasteiger partial charge in [-0.25, -0.2) is 4.79 Å². The second kappa shape index (κ2) is 8.13. The van der Waals surface area contributed by atoms with Gasteiger partial charge in [0, 0.05) is 0 Å². The molecule has 1 aliphatic carbocycles. The molecule has 1 aliphatic heterocycles. The van der Waals surface area contributed by atoms with E-state index in [1.54, 1.807) is 7.11 Å². The maximum Gasteiger partial charge on any atom is 0.338 e. The molecule has 1 fully saturated rings. The second-order valence-corrected chi connectivity index (χ2v) is 14.7. The Hall–Kier alpha value is -1.23. The number of esters is 1. The van der Waals surface area contributed by atoms with Crippen LogP contribution in [0, 0.1) is 0 Å². The van der Waals surface area contributed by atoms with Crippen molar-refractivity contribution in [1.29, 1.82) is 0 Å². The van der Waals surface area contributed by atoms with E-state index in [-0.39, 0.29) is 23.0 Å². The molecule has 0 bridgehead atoms. The van der Waals surface area contributed by atoms with Crippen LogP contribution in [-0.2, 0) is 30.1 Å². The van der Waals surface area contributed by atoms with Gasteiger partial charge in [-0.15, -0.1) is 0 Å². The lowest BCUT2D eigenvalue weighted by molar-refractivity contribution is -0.141. The fourth-order valence-electron chi connectivity index (χ4n) is 2.89. The predicted octanol–water partition coefficient (Wildman–Crippen LogP) is 4.17. The van der Waals surface area contributed by atoms with Crippen LogP contribution in [0.1, 0.15) is 26.3 Å². The summed E-state index contributed by atoms with van der Waals surface area (Å²) < 4.78 is 23.1. The molecule has 0 aromatic heterocycles. The number of ether oxygens (including phenoxy) is 3. The van der Waals surface area contributed by atoms with Crippen LogP contribution in [0.2, 0.25) is 18.1 Å². The van der Waals surface area contributed by atoms with Gasteiger partial charge < -0.3 is 18.6 Å². The number of benzene rings is 1. The average Bonchev–Trinajstić information content (AvgIpc) is 3.44. The number of Topliss-reactive ketones (excluding diaryl/α,β-unsaturated/α-hetero) is 1. The van der Waals surface area contributed by atoms with Crippen molar-refractivity contribution in [1.82, 2.24) is 0 Å². The molecule has 0 unspecified atom stereocenters. The molecular formula is C21H27IO6Si. The normalized spacial score (nSPS) is 24.2. The highest BCUT2D eigenvalue weighted by Crippen LogP contribution is 2.46. The SMILES string of the molecule is COc1ccc(COC(=O)C2=C(I)C(=O)[C@H]3O[C@H]3[C@@H]2O[Si](C)(C)C(C)(C)C)cc1. The van der Waals surface area contributed by atoms with Crippen LogP contribution in [0.5, 0.6) is 5.75 Å². The molecule has 158 valence electrons. The Morgan fingerprint density at radius 1 is 1.21 bits per heavy atom. The van der Waals surface area contributed by atoms with Crippen molar-refractivity contribution in [2.45, 2.75) is 63.8 Å². The maximum atomic E-state index is 13.0. The quantitative estimate of drug-likeness (QED) is 0.238. The highest BCUT2D eigenvalue weighted by atomic mass is 127. The Bertz CT molecular complexity index is 840. The van der Waals surface area contributed by atoms with Crippen LogP contribution >= 0.6 is 22.6 Å². The van der Waals surface area contributed by atoms with Gasteiger partial charge >= 0.3 is 5.97 Å². The number of hydrogen-bond donors (Lipinski definition) is 0. The standard InChI is InChI=1S/C21H27IO6Si/c1-21(2,3)29(5,6)28-17-14(15(22)16(23)18-19(17)27-18)20(24)26-11-12-7-9-13(25-4)10-8-12/h7-10,17-19H,11H2,1-6H3/t17-,18-,19+/m1/s1. The van der Waals surface area contributed by atoms with Gasteiger partial charge in [0.15, 0.2) is 14.4 Å². The number of epoxide rings is 1. The van der Waals surface area contributed by atoms with Gasteiger partial charge in [0.05, 0.1) is 16.3 Å². The number of methoxy groups -OCH3 is 1. The van der Waals surface area contributed by atoms with Gasteiger partial charge in [0.25, 0.3) is 0 Å². The van der Waals surface area contributed by atoms with E-state index in [0.717, 1.165) is 11.3 Å². The Balaban J connectivity index is 1.80. The van der Waals surface area contributed by atoms with Crippen LogP contribution in [0.15, 0.2) is 33.4 Å². The van der Waals surface area contributed by atoms with Crippen LogP contribution in [0.3, 0.4) is 0 Å². The molecule has 1 aromatic rings. The minimum Gasteiger partial charge on any atom is -0.497 e. The number of carbonyl (C=O) groups excluding carboxylic acids is 2. The summed E-state index contributed by atoms with van der Waals surface area (Å²) in [5.41, 5.74) is 1.12. The largest absolute Gasteiger partial charge is 0.497 e. The maximum absolute atomic E-state index is 13.0. The van der Waals surface area contributed by atoms with Gasteiger partial charge in [0.2, 0.25) is 5.78 Å². The monoisotopic (exact) mass is 530 g/mol. The summed E-state index contributed by atoms with van der Waals surface area (Å²) in [6, 6.07) is 7.28. The fraction of sp³-hybridized carbons (Fsp3) is 0.524. The number of halogens is 1. The van der Waals surface area contributed by atoms with Gasteiger partial charge in [-0.05, 0) is 58.4 Å². The van der Waals surface area contributed by atoms with Crippen molar-refractivity contribution in [3.05, 3.63) is 39.0 Å². The van der Waals surface area contributed by atoms with Gasteiger partial charge in [-0.1, -0.05) is 32.9 Å². The summed E-state index contributed by atoms with van der Waals surface area (Å²) in [5, 5.41) is -0.0393. The van der Waals surface area contributed by atoms with E-state index in [1.807, 2.05) is 46.9 Å². The first kappa shape index (κ1) is 22.5. The minimum absolute atomic E-state index is 0.0393. The Morgan fingerprint density at radius 3 is 2.38 bits per heavy atom. The van der Waals surface area contributed by atoms with E-state index >= 15 is 0 Å². The molecule has 6 nitrogen and oxygen atoms in total. The molecule has 0 saturated carbocycles. The molecule has 1 saturated heterocycles. The van der Waals surface area contributed by atoms with E-state index in [9.17, 15) is 9.59 Å². The van der Waals surface area contributed by atoms with E-state index in [1.165, 1.54) is 0 Å². The fourth-order valence-corrected chi connectivity index (χ4v) is 4.96. The van der Waals surface area contributed by atoms with Gasteiger partial charge in [-0.3, -0.25) is 4.79 Å². The van der Waals surface area contributed by atoms with Crippen LogP contribution in [0.4, 0.5) is 0 Å². The number of carbonyl (C=O) groups is 2. The Morgan fingerprint density at radius 2 is 1.83 bits per heavy atom. The van der Waals surface area contributed by atoms with Crippen LogP contribution < -0.4 is 4.74 Å². The van der Waals surface area contributed by atoms with Gasteiger partial charge in [-0.2, -0.15) is 0 Å². The molecular weight excluding hydrogens is 503 g/mol. The van der Waals surface area contributed by atoms with E-state index in [0.29, 0.717) is 3.58 Å². The smallest absolute Gasteiger partial charge is 0.338 e. The predicted molar refractivity (Wildman–Crippen MR) is 120 cm³/mol. The third-order valence-corrected chi connectivity index (χ3v) is 11.4. The minimum atomic E-state index is -2.19. The lowest BCUT2D eigenvalue weighted by Crippen LogP contribution is -2.48. The molecule has 29 heavy (non-hydrogen) atoms. The van der Waals surface area contributed by atoms with Crippen molar-refractivity contribution in [3.63, 3.8) is 0 Å². The number of hydrogen-bond acceptors (Lipinski definition) is 6. The first-order chi connectivity index (χ1) is 13.5. The molecule has 3 atom stereocenters. The molecule has 1 aromatic carbocycles. The van der Waals surface area contributed by atoms with E-state index in [2.05, 4.69) is 33.9 Å². The third-order valence-electron chi connectivity index (χ3n) is 5.80. The van der Waals surface area contributed by atoms with Crippen LogP contribution in [0.25, 0.3) is 0 Å². The summed E-state index contributed by atoms with van der Waals surface area (Å²) in [5.74, 6) is 0.0354. The highest BCUT2D eigenvalue weighted by molar-refractivity contribution is 14.1. The van der Waals surface area contributed by atoms with E-state index in [4.69, 9.17) is 18.6 Å². The molecule has 0 radical (unpaired) electrons. The highest BCUT2D eigenvalue weighted by Gasteiger charge is 2.59. The molecule has 1 heterocycles. The molecule has 0 N–H and O–H groups in total. The topological polar surface area (TPSA) is 74.4 Å². The third kappa shape index (κ3) is 4.60. The number of rotatable bonds is 6. The zero-order valence-corrected chi connectivity index (χ0v) is 20.7. The first-order valence-corrected chi connectivity index (χ1v) is 13.5. The van der Waals surface area contributed by atoms with E-state index < -0.39 is 32.6 Å². The number of ketones is 1. The summed E-state index contributed by atoms with van der Waals surface area (Å²) in [7, 11) is -0.598. The summed E-state index contributed by atoms with van der Waals surface area (Å²) in [4.78, 5) is 25.5. The van der Waals surface area contributed by atoms with Crippen LogP contribution in [-0.4, -0.2) is 45.5 Å². The molecule has 0 amide bonds. The lowest BCUT2D eigenvalue weighted by atomic mass is 9.96. The molecule has 2 aliphatic rings. The molecule has 3 rings (SSSR count). The summed E-state index contributed by atoms with van der Waals surface area (Å²) in [6.45, 7) is 10.7. The molecule has 0 spiro atoms. The van der Waals surface area contributed by atoms with Gasteiger partial charge in [0.1, 0.15) is 24.6 Å². The lowest BCUT2D eigenvalue weighted by Gasteiger charge is -2.39. The van der Waals surface area contributed by atoms with Crippen molar-refractivity contribution in [2.75, 3.05) is 7.11 Å². The zero-order chi connectivity index (χ0) is 21.6. The van der Waals surface area contributed by atoms with Crippen molar-refractivity contribution in [3.8, 4) is 5.75 Å².